The third-order valence-electron chi connectivity index (χ3n) is 3.13. The van der Waals surface area contributed by atoms with E-state index in [0.29, 0.717) is 18.0 Å². The number of anilines is 1. The van der Waals surface area contributed by atoms with Crippen LogP contribution in [0.25, 0.3) is 0 Å². The maximum atomic E-state index is 11.4. The van der Waals surface area contributed by atoms with Gasteiger partial charge in [0.2, 0.25) is 5.82 Å². The van der Waals surface area contributed by atoms with Gasteiger partial charge in [0.1, 0.15) is 0 Å². The summed E-state index contributed by atoms with van der Waals surface area (Å²) in [6.45, 7) is 0.412. The monoisotopic (exact) mass is 335 g/mol. The highest BCUT2D eigenvalue weighted by Gasteiger charge is 2.19. The molecule has 1 aromatic heterocycles. The Morgan fingerprint density at radius 3 is 2.83 bits per heavy atom. The van der Waals surface area contributed by atoms with Crippen molar-refractivity contribution in [2.45, 2.75) is 6.42 Å². The van der Waals surface area contributed by atoms with Crippen molar-refractivity contribution in [3.8, 4) is 0 Å². The minimum atomic E-state index is -0.678. The number of carbonyl (C=O) groups excluding carboxylic acids is 1. The number of esters is 1. The van der Waals surface area contributed by atoms with Crippen molar-refractivity contribution in [2.75, 3.05) is 19.0 Å². The first-order valence-corrected chi connectivity index (χ1v) is 7.10. The summed E-state index contributed by atoms with van der Waals surface area (Å²) in [4.78, 5) is 25.9. The van der Waals surface area contributed by atoms with Gasteiger partial charge in [-0.15, -0.1) is 0 Å². The number of methoxy groups -OCH3 is 1. The van der Waals surface area contributed by atoms with Crippen molar-refractivity contribution in [3.05, 3.63) is 62.8 Å². The predicted octanol–water partition coefficient (Wildman–Crippen LogP) is 3.08. The fraction of sp³-hybridized carbons (Fsp3) is 0.200. The molecule has 0 aliphatic heterocycles. The molecule has 0 radical (unpaired) electrons. The highest BCUT2D eigenvalue weighted by atomic mass is 35.5. The van der Waals surface area contributed by atoms with Crippen LogP contribution in [0.4, 0.5) is 11.5 Å². The van der Waals surface area contributed by atoms with Crippen molar-refractivity contribution in [3.63, 3.8) is 0 Å². The van der Waals surface area contributed by atoms with E-state index in [-0.39, 0.29) is 17.1 Å². The van der Waals surface area contributed by atoms with E-state index in [0.717, 1.165) is 11.6 Å². The number of nitro groups is 1. The number of nitrogens with zero attached hydrogens (tertiary/aromatic N) is 2. The zero-order chi connectivity index (χ0) is 16.8. The first-order chi connectivity index (χ1) is 11.0. The number of hydrogen-bond acceptors (Lipinski definition) is 6. The van der Waals surface area contributed by atoms with Crippen molar-refractivity contribution in [1.29, 1.82) is 0 Å². The Kier molecular flexibility index (Phi) is 5.48. The molecule has 0 unspecified atom stereocenters. The van der Waals surface area contributed by atoms with E-state index in [1.165, 1.54) is 13.3 Å². The van der Waals surface area contributed by atoms with Crippen molar-refractivity contribution >= 4 is 29.1 Å². The van der Waals surface area contributed by atoms with Crippen LogP contribution in [0.15, 0.2) is 36.5 Å². The molecular weight excluding hydrogens is 322 g/mol. The normalized spacial score (nSPS) is 10.2. The molecule has 2 rings (SSSR count). The highest BCUT2D eigenvalue weighted by Crippen LogP contribution is 2.23. The number of carbonyl (C=O) groups is 1. The number of aromatic nitrogens is 1. The van der Waals surface area contributed by atoms with Gasteiger partial charge in [-0.1, -0.05) is 29.8 Å². The molecule has 0 aliphatic rings. The van der Waals surface area contributed by atoms with E-state index < -0.39 is 10.9 Å². The summed E-state index contributed by atoms with van der Waals surface area (Å²) in [6, 6.07) is 8.50. The predicted molar refractivity (Wildman–Crippen MR) is 85.9 cm³/mol. The molecule has 120 valence electrons. The van der Waals surface area contributed by atoms with Crippen LogP contribution in [0.5, 0.6) is 0 Å². The number of pyridine rings is 1. The molecule has 0 bridgehead atoms. The summed E-state index contributed by atoms with van der Waals surface area (Å²) in [5, 5.41) is 14.7. The molecule has 1 heterocycles. The molecule has 0 atom stereocenters. The zero-order valence-corrected chi connectivity index (χ0v) is 13.0. The van der Waals surface area contributed by atoms with E-state index in [9.17, 15) is 14.9 Å². The number of rotatable bonds is 6. The van der Waals surface area contributed by atoms with Crippen LogP contribution in [-0.2, 0) is 11.2 Å². The Balaban J connectivity index is 2.11. The Morgan fingerprint density at radius 2 is 2.17 bits per heavy atom. The van der Waals surface area contributed by atoms with Crippen LogP contribution in [0.1, 0.15) is 15.9 Å². The lowest BCUT2D eigenvalue weighted by molar-refractivity contribution is -0.384. The molecule has 0 aliphatic carbocycles. The largest absolute Gasteiger partial charge is 0.465 e. The van der Waals surface area contributed by atoms with Crippen LogP contribution in [0.3, 0.4) is 0 Å². The standard InChI is InChI=1S/C15H14ClN3O4/c1-23-15(20)11-8-13(19(21)22)14(18-9-11)17-7-6-10-4-2-3-5-12(10)16/h2-5,8-9H,6-7H2,1H3,(H,17,18). The number of hydrogen-bond donors (Lipinski definition) is 1. The lowest BCUT2D eigenvalue weighted by Crippen LogP contribution is -2.10. The van der Waals surface area contributed by atoms with E-state index in [1.807, 2.05) is 18.2 Å². The minimum Gasteiger partial charge on any atom is -0.465 e. The Hall–Kier alpha value is -2.67. The van der Waals surface area contributed by atoms with Gasteiger partial charge in [-0.25, -0.2) is 9.78 Å². The molecule has 0 saturated carbocycles. The van der Waals surface area contributed by atoms with Crippen molar-refractivity contribution in [1.82, 2.24) is 4.98 Å². The fourth-order valence-corrected chi connectivity index (χ4v) is 2.20. The van der Waals surface area contributed by atoms with E-state index in [2.05, 4.69) is 15.0 Å². The topological polar surface area (TPSA) is 94.4 Å². The van der Waals surface area contributed by atoms with Gasteiger partial charge in [0.15, 0.2) is 0 Å². The summed E-state index contributed by atoms with van der Waals surface area (Å²) in [6.07, 6.45) is 1.81. The zero-order valence-electron chi connectivity index (χ0n) is 12.3. The number of halogens is 1. The molecule has 23 heavy (non-hydrogen) atoms. The lowest BCUT2D eigenvalue weighted by atomic mass is 10.1. The summed E-state index contributed by atoms with van der Waals surface area (Å²) < 4.78 is 4.53. The average molecular weight is 336 g/mol. The summed E-state index contributed by atoms with van der Waals surface area (Å²) >= 11 is 6.06. The van der Waals surface area contributed by atoms with Gasteiger partial charge < -0.3 is 10.1 Å². The number of ether oxygens (including phenoxy) is 1. The van der Waals surface area contributed by atoms with Gasteiger partial charge in [0, 0.05) is 23.8 Å². The van der Waals surface area contributed by atoms with Gasteiger partial charge in [-0.2, -0.15) is 0 Å². The molecule has 0 fully saturated rings. The molecule has 8 heteroatoms. The van der Waals surface area contributed by atoms with Crippen LogP contribution in [-0.4, -0.2) is 29.5 Å². The first-order valence-electron chi connectivity index (χ1n) is 6.73. The van der Waals surface area contributed by atoms with Crippen LogP contribution >= 0.6 is 11.6 Å². The Bertz CT molecular complexity index is 736. The van der Waals surface area contributed by atoms with E-state index >= 15 is 0 Å². The quantitative estimate of drug-likeness (QED) is 0.495. The van der Waals surface area contributed by atoms with Gasteiger partial charge >= 0.3 is 11.7 Å². The summed E-state index contributed by atoms with van der Waals surface area (Å²) in [5.74, 6) is -0.585. The molecule has 1 aromatic carbocycles. The van der Waals surface area contributed by atoms with Crippen molar-refractivity contribution < 1.29 is 14.5 Å². The number of nitrogens with one attached hydrogen (secondary N) is 1. The number of benzene rings is 1. The van der Waals surface area contributed by atoms with Gasteiger partial charge in [-0.05, 0) is 18.1 Å². The Morgan fingerprint density at radius 1 is 1.43 bits per heavy atom. The van der Waals surface area contributed by atoms with E-state index in [4.69, 9.17) is 11.6 Å². The van der Waals surface area contributed by atoms with E-state index in [1.54, 1.807) is 6.07 Å². The maximum absolute atomic E-state index is 11.4. The molecule has 7 nitrogen and oxygen atoms in total. The molecule has 1 N–H and O–H groups in total. The molecule has 0 saturated heterocycles. The second kappa shape index (κ2) is 7.55. The van der Waals surface area contributed by atoms with Gasteiger partial charge in [0.25, 0.3) is 0 Å². The third-order valence-corrected chi connectivity index (χ3v) is 3.50. The highest BCUT2D eigenvalue weighted by molar-refractivity contribution is 6.31. The summed E-state index contributed by atoms with van der Waals surface area (Å²) in [7, 11) is 1.20. The van der Waals surface area contributed by atoms with Gasteiger partial charge in [-0.3, -0.25) is 10.1 Å². The fourth-order valence-electron chi connectivity index (χ4n) is 1.97. The van der Waals surface area contributed by atoms with Crippen LogP contribution in [0, 0.1) is 10.1 Å². The van der Waals surface area contributed by atoms with Crippen molar-refractivity contribution in [2.24, 2.45) is 0 Å². The second-order valence-corrected chi connectivity index (χ2v) is 5.02. The second-order valence-electron chi connectivity index (χ2n) is 4.61. The van der Waals surface area contributed by atoms with Gasteiger partial charge in [0.05, 0.1) is 17.6 Å². The minimum absolute atomic E-state index is 0.0239. The summed E-state index contributed by atoms with van der Waals surface area (Å²) in [5.41, 5.74) is 0.665. The van der Waals surface area contributed by atoms with Crippen LogP contribution < -0.4 is 5.32 Å². The lowest BCUT2D eigenvalue weighted by Gasteiger charge is -2.08. The average Bonchev–Trinajstić information content (AvgIpc) is 2.56. The smallest absolute Gasteiger partial charge is 0.339 e. The third kappa shape index (κ3) is 4.17. The first kappa shape index (κ1) is 16.7. The maximum Gasteiger partial charge on any atom is 0.339 e. The van der Waals surface area contributed by atoms with Crippen LogP contribution in [0.2, 0.25) is 5.02 Å². The molecular formula is C15H14ClN3O4. The molecule has 2 aromatic rings. The Labute approximate surface area is 137 Å². The molecule has 0 spiro atoms. The molecule has 0 amide bonds. The SMILES string of the molecule is COC(=O)c1cnc(NCCc2ccccc2Cl)c([N+](=O)[O-])c1.